The van der Waals surface area contributed by atoms with Gasteiger partial charge in [-0.3, -0.25) is 9.59 Å². The number of halogens is 1. The fraction of sp³-hybridized carbons (Fsp3) is 0.133. The third-order valence-corrected chi connectivity index (χ3v) is 2.88. The fourth-order valence-corrected chi connectivity index (χ4v) is 1.80. The molecule has 0 radical (unpaired) electrons. The summed E-state index contributed by atoms with van der Waals surface area (Å²) in [5.41, 5.74) is 6.16. The van der Waals surface area contributed by atoms with Crippen LogP contribution in [0.25, 0.3) is 0 Å². The van der Waals surface area contributed by atoms with Crippen LogP contribution in [0.4, 0.5) is 0 Å². The lowest BCUT2D eigenvalue weighted by molar-refractivity contribution is -0.683. The quantitative estimate of drug-likeness (QED) is 0.655. The van der Waals surface area contributed by atoms with E-state index in [1.165, 1.54) is 0 Å². The molecule has 0 fully saturated rings. The van der Waals surface area contributed by atoms with Crippen molar-refractivity contribution in [1.82, 2.24) is 0 Å². The normalized spacial score (nSPS) is 9.57. The van der Waals surface area contributed by atoms with E-state index in [-0.39, 0.29) is 29.3 Å². The molecule has 0 atom stereocenters. The first kappa shape index (κ1) is 16.8. The van der Waals surface area contributed by atoms with E-state index in [0.29, 0.717) is 16.9 Å². The smallest absolute Gasteiger partial charge is 0.254 e. The van der Waals surface area contributed by atoms with Crippen molar-refractivity contribution in [1.29, 1.82) is 0 Å². The molecule has 0 unspecified atom stereocenters. The summed E-state index contributed by atoms with van der Waals surface area (Å²) in [5.74, 6) is 0.125. The average Bonchev–Trinajstić information content (AvgIpc) is 2.47. The van der Waals surface area contributed by atoms with Crippen LogP contribution >= 0.6 is 17.0 Å². The van der Waals surface area contributed by atoms with Gasteiger partial charge in [0.1, 0.15) is 11.3 Å². The number of Topliss-reactive ketones (excluding diaryl/α,β-unsaturated/α-hetero) is 1. The van der Waals surface area contributed by atoms with Crippen molar-refractivity contribution in [2.24, 2.45) is 5.73 Å². The molecule has 0 aliphatic heterocycles. The van der Waals surface area contributed by atoms with E-state index in [2.05, 4.69) is 0 Å². The number of hydrogen-bond donors (Lipinski definition) is 1. The molecule has 2 aromatic rings. The predicted octanol–water partition coefficient (Wildman–Crippen LogP) is 1.54. The molecule has 2 rings (SSSR count). The van der Waals surface area contributed by atoms with E-state index in [0.717, 1.165) is 0 Å². The first-order chi connectivity index (χ1) is 9.60. The first-order valence-corrected chi connectivity index (χ1v) is 6.06. The minimum Gasteiger partial charge on any atom is -0.497 e. The summed E-state index contributed by atoms with van der Waals surface area (Å²) in [6.07, 6.45) is 3.28. The molecule has 0 aliphatic carbocycles. The largest absolute Gasteiger partial charge is 0.497 e. The predicted molar refractivity (Wildman–Crippen MR) is 82.8 cm³/mol. The van der Waals surface area contributed by atoms with Crippen LogP contribution in [0.5, 0.6) is 5.75 Å². The number of rotatable bonds is 5. The Labute approximate surface area is 133 Å². The second-order valence-electron chi connectivity index (χ2n) is 4.28. The van der Waals surface area contributed by atoms with Gasteiger partial charge in [0.25, 0.3) is 5.91 Å². The Morgan fingerprint density at radius 2 is 1.81 bits per heavy atom. The molecule has 2 N–H and O–H groups in total. The van der Waals surface area contributed by atoms with Crippen LogP contribution in [0.1, 0.15) is 20.7 Å². The van der Waals surface area contributed by atoms with Crippen LogP contribution in [0, 0.1) is 0 Å². The van der Waals surface area contributed by atoms with Crippen LogP contribution in [-0.4, -0.2) is 18.8 Å². The number of ether oxygens (including phenoxy) is 1. The van der Waals surface area contributed by atoms with Crippen LogP contribution in [0.2, 0.25) is 0 Å². The van der Waals surface area contributed by atoms with Gasteiger partial charge in [0.2, 0.25) is 12.3 Å². The number of ketones is 1. The topological polar surface area (TPSA) is 73.3 Å². The third kappa shape index (κ3) is 4.39. The molecule has 6 heteroatoms. The number of nitrogens with zero attached hydrogens (tertiary/aromatic N) is 1. The number of amides is 1. The van der Waals surface area contributed by atoms with Gasteiger partial charge in [-0.25, -0.2) is 0 Å². The molecule has 110 valence electrons. The first-order valence-electron chi connectivity index (χ1n) is 6.06. The van der Waals surface area contributed by atoms with Gasteiger partial charge in [-0.05, 0) is 30.3 Å². The summed E-state index contributed by atoms with van der Waals surface area (Å²) in [5, 5.41) is 0. The summed E-state index contributed by atoms with van der Waals surface area (Å²) in [6.45, 7) is 0.146. The Morgan fingerprint density at radius 3 is 2.38 bits per heavy atom. The van der Waals surface area contributed by atoms with Crippen molar-refractivity contribution in [3.8, 4) is 5.75 Å². The number of aromatic nitrogens is 1. The molecule has 21 heavy (non-hydrogen) atoms. The number of hydrogen-bond acceptors (Lipinski definition) is 3. The lowest BCUT2D eigenvalue weighted by Crippen LogP contribution is -2.38. The molecular formula is C15H16BrN2O3+. The van der Waals surface area contributed by atoms with Crippen molar-refractivity contribution < 1.29 is 18.9 Å². The highest BCUT2D eigenvalue weighted by atomic mass is 79.9. The van der Waals surface area contributed by atoms with Crippen LogP contribution in [0.3, 0.4) is 0 Å². The number of nitrogens with two attached hydrogens (primary N) is 1. The third-order valence-electron chi connectivity index (χ3n) is 2.88. The summed E-state index contributed by atoms with van der Waals surface area (Å²) < 4.78 is 6.67. The second kappa shape index (κ2) is 7.54. The monoisotopic (exact) mass is 351 g/mol. The minimum absolute atomic E-state index is 0. The number of methoxy groups -OCH3 is 1. The average molecular weight is 352 g/mol. The van der Waals surface area contributed by atoms with E-state index >= 15 is 0 Å². The Hall–Kier alpha value is -2.21. The molecular weight excluding hydrogens is 336 g/mol. The zero-order valence-electron chi connectivity index (χ0n) is 11.5. The van der Waals surface area contributed by atoms with Gasteiger partial charge in [-0.1, -0.05) is 0 Å². The van der Waals surface area contributed by atoms with Crippen molar-refractivity contribution in [3.05, 3.63) is 59.9 Å². The van der Waals surface area contributed by atoms with Crippen LogP contribution in [0.15, 0.2) is 48.8 Å². The second-order valence-corrected chi connectivity index (χ2v) is 4.28. The Morgan fingerprint density at radius 1 is 1.14 bits per heavy atom. The SMILES string of the molecule is Br.COc1ccc(C(=O)C[n+]2cccc(C(N)=O)c2)cc1. The van der Waals surface area contributed by atoms with Crippen LogP contribution < -0.4 is 15.0 Å². The number of carbonyl (C=O) groups excluding carboxylic acids is 2. The van der Waals surface area contributed by atoms with E-state index in [9.17, 15) is 9.59 Å². The van der Waals surface area contributed by atoms with Gasteiger partial charge in [0.15, 0.2) is 12.4 Å². The van der Waals surface area contributed by atoms with Gasteiger partial charge in [0.05, 0.1) is 7.11 Å². The van der Waals surface area contributed by atoms with Crippen molar-refractivity contribution in [2.45, 2.75) is 6.54 Å². The lowest BCUT2D eigenvalue weighted by atomic mass is 10.1. The van der Waals surface area contributed by atoms with Gasteiger partial charge in [-0.2, -0.15) is 4.57 Å². The minimum atomic E-state index is -0.517. The zero-order chi connectivity index (χ0) is 14.5. The van der Waals surface area contributed by atoms with Gasteiger partial charge < -0.3 is 10.5 Å². The summed E-state index contributed by atoms with van der Waals surface area (Å²) >= 11 is 0. The van der Waals surface area contributed by atoms with Crippen molar-refractivity contribution in [2.75, 3.05) is 7.11 Å². The Bertz CT molecular complexity index is 642. The molecule has 1 aromatic heterocycles. The maximum Gasteiger partial charge on any atom is 0.254 e. The van der Waals surface area contributed by atoms with E-state index in [1.807, 2.05) is 0 Å². The van der Waals surface area contributed by atoms with E-state index < -0.39 is 5.91 Å². The maximum atomic E-state index is 12.1. The molecule has 1 aromatic carbocycles. The molecule has 0 aliphatic rings. The van der Waals surface area contributed by atoms with Gasteiger partial charge in [0, 0.05) is 11.6 Å². The lowest BCUT2D eigenvalue weighted by Gasteiger charge is -2.01. The van der Waals surface area contributed by atoms with Crippen molar-refractivity contribution >= 4 is 28.7 Å². The maximum absolute atomic E-state index is 12.1. The van der Waals surface area contributed by atoms with E-state index in [1.54, 1.807) is 60.5 Å². The fourth-order valence-electron chi connectivity index (χ4n) is 1.80. The number of primary amides is 1. The number of carbonyl (C=O) groups is 2. The summed E-state index contributed by atoms with van der Waals surface area (Å²) in [6, 6.07) is 10.2. The number of benzene rings is 1. The Balaban J connectivity index is 0.00000220. The Kier molecular flexibility index (Phi) is 6.05. The summed E-state index contributed by atoms with van der Waals surface area (Å²) in [4.78, 5) is 23.2. The van der Waals surface area contributed by atoms with Crippen molar-refractivity contribution in [3.63, 3.8) is 0 Å². The van der Waals surface area contributed by atoms with Gasteiger partial charge >= 0.3 is 0 Å². The highest BCUT2D eigenvalue weighted by molar-refractivity contribution is 8.93. The molecule has 0 saturated heterocycles. The van der Waals surface area contributed by atoms with E-state index in [4.69, 9.17) is 10.5 Å². The molecule has 1 amide bonds. The molecule has 1 heterocycles. The number of pyridine rings is 1. The zero-order valence-corrected chi connectivity index (χ0v) is 13.2. The standard InChI is InChI=1S/C15H14N2O3.BrH/c1-20-13-6-4-11(5-7-13)14(18)10-17-8-2-3-12(9-17)15(16)19;/h2-9H,10H2,1H3,(H-,16,19);1H/p+1. The highest BCUT2D eigenvalue weighted by Gasteiger charge is 2.14. The summed E-state index contributed by atoms with van der Waals surface area (Å²) in [7, 11) is 1.57. The molecule has 0 saturated carbocycles. The van der Waals surface area contributed by atoms with Gasteiger partial charge in [-0.15, -0.1) is 17.0 Å². The highest BCUT2D eigenvalue weighted by Crippen LogP contribution is 2.11. The molecule has 0 spiro atoms. The van der Waals surface area contributed by atoms with Crippen LogP contribution in [-0.2, 0) is 6.54 Å². The molecule has 5 nitrogen and oxygen atoms in total. The molecule has 0 bridgehead atoms.